The van der Waals surface area contributed by atoms with Gasteiger partial charge in [-0.15, -0.1) is 11.8 Å². The highest BCUT2D eigenvalue weighted by Crippen LogP contribution is 2.21. The van der Waals surface area contributed by atoms with Gasteiger partial charge in [0.05, 0.1) is 13.2 Å². The van der Waals surface area contributed by atoms with Crippen molar-refractivity contribution in [3.8, 4) is 0 Å². The summed E-state index contributed by atoms with van der Waals surface area (Å²) in [4.78, 5) is 1.26. The number of morpholine rings is 1. The second kappa shape index (κ2) is 5.75. The fraction of sp³-hybridized carbons (Fsp3) is 0.455. The van der Waals surface area contributed by atoms with E-state index < -0.39 is 0 Å². The van der Waals surface area contributed by atoms with Gasteiger partial charge in [-0.25, -0.2) is 0 Å². The summed E-state index contributed by atoms with van der Waals surface area (Å²) < 4.78 is 5.39. The van der Waals surface area contributed by atoms with Crippen molar-refractivity contribution >= 4 is 23.4 Å². The molecule has 1 unspecified atom stereocenters. The summed E-state index contributed by atoms with van der Waals surface area (Å²) in [5.41, 5.74) is 0. The molecule has 0 aromatic heterocycles. The van der Waals surface area contributed by atoms with E-state index >= 15 is 0 Å². The topological polar surface area (TPSA) is 21.3 Å². The monoisotopic (exact) mass is 243 g/mol. The quantitative estimate of drug-likeness (QED) is 0.824. The van der Waals surface area contributed by atoms with E-state index in [1.165, 1.54) is 4.90 Å². The lowest BCUT2D eigenvalue weighted by Crippen LogP contribution is -2.42. The normalized spacial score (nSPS) is 21.5. The molecule has 1 heterocycles. The molecule has 1 N–H and O–H groups in total. The van der Waals surface area contributed by atoms with Gasteiger partial charge in [0.15, 0.2) is 0 Å². The van der Waals surface area contributed by atoms with Gasteiger partial charge in [-0.3, -0.25) is 0 Å². The van der Waals surface area contributed by atoms with Crippen molar-refractivity contribution < 1.29 is 4.74 Å². The second-order valence-electron chi connectivity index (χ2n) is 3.49. The Morgan fingerprint density at radius 3 is 2.87 bits per heavy atom. The SMILES string of the molecule is Clc1ccc(SCC2COCCN2)cc1. The summed E-state index contributed by atoms with van der Waals surface area (Å²) in [7, 11) is 0. The van der Waals surface area contributed by atoms with Gasteiger partial charge in [-0.2, -0.15) is 0 Å². The molecule has 1 saturated heterocycles. The van der Waals surface area contributed by atoms with Crippen LogP contribution in [-0.4, -0.2) is 31.6 Å². The van der Waals surface area contributed by atoms with E-state index in [-0.39, 0.29) is 0 Å². The van der Waals surface area contributed by atoms with Crippen LogP contribution in [0.4, 0.5) is 0 Å². The fourth-order valence-corrected chi connectivity index (χ4v) is 2.52. The van der Waals surface area contributed by atoms with E-state index in [4.69, 9.17) is 16.3 Å². The van der Waals surface area contributed by atoms with Crippen LogP contribution in [0.1, 0.15) is 0 Å². The van der Waals surface area contributed by atoms with E-state index in [9.17, 15) is 0 Å². The van der Waals surface area contributed by atoms with E-state index in [1.54, 1.807) is 0 Å². The third-order valence-corrected chi connectivity index (χ3v) is 3.69. The minimum atomic E-state index is 0.472. The Kier molecular flexibility index (Phi) is 4.32. The Balaban J connectivity index is 1.79. The predicted molar refractivity (Wildman–Crippen MR) is 64.8 cm³/mol. The molecule has 1 aromatic carbocycles. The summed E-state index contributed by atoms with van der Waals surface area (Å²) in [6, 6.07) is 8.43. The lowest BCUT2D eigenvalue weighted by molar-refractivity contribution is 0.0837. The van der Waals surface area contributed by atoms with Gasteiger partial charge in [0.25, 0.3) is 0 Å². The average Bonchev–Trinajstić information content (AvgIpc) is 2.30. The summed E-state index contributed by atoms with van der Waals surface area (Å²) in [6.45, 7) is 2.62. The first kappa shape index (κ1) is 11.3. The molecular weight excluding hydrogens is 230 g/mol. The van der Waals surface area contributed by atoms with Crippen molar-refractivity contribution in [3.05, 3.63) is 29.3 Å². The first-order chi connectivity index (χ1) is 7.34. The molecule has 0 bridgehead atoms. The molecule has 2 nitrogen and oxygen atoms in total. The summed E-state index contributed by atoms with van der Waals surface area (Å²) >= 11 is 7.65. The summed E-state index contributed by atoms with van der Waals surface area (Å²) in [5.74, 6) is 1.04. The first-order valence-corrected chi connectivity index (χ1v) is 6.40. The van der Waals surface area contributed by atoms with Gasteiger partial charge in [0, 0.05) is 28.3 Å². The highest BCUT2D eigenvalue weighted by atomic mass is 35.5. The Bertz CT molecular complexity index is 298. The molecule has 1 aromatic rings. The molecule has 1 fully saturated rings. The van der Waals surface area contributed by atoms with Crippen LogP contribution in [0.2, 0.25) is 5.02 Å². The number of benzene rings is 1. The zero-order chi connectivity index (χ0) is 10.5. The molecule has 0 aliphatic carbocycles. The lowest BCUT2D eigenvalue weighted by Gasteiger charge is -2.23. The molecule has 4 heteroatoms. The molecule has 0 spiro atoms. The van der Waals surface area contributed by atoms with Crippen LogP contribution in [0.15, 0.2) is 29.2 Å². The number of halogens is 1. The molecule has 1 atom stereocenters. The van der Waals surface area contributed by atoms with Crippen molar-refractivity contribution in [2.45, 2.75) is 10.9 Å². The number of nitrogens with one attached hydrogen (secondary N) is 1. The lowest BCUT2D eigenvalue weighted by atomic mass is 10.3. The number of thioether (sulfide) groups is 1. The molecule has 0 saturated carbocycles. The predicted octanol–water partition coefficient (Wildman–Crippen LogP) is 2.42. The third kappa shape index (κ3) is 3.68. The zero-order valence-electron chi connectivity index (χ0n) is 8.41. The maximum atomic E-state index is 5.82. The highest BCUT2D eigenvalue weighted by molar-refractivity contribution is 7.99. The maximum absolute atomic E-state index is 5.82. The van der Waals surface area contributed by atoms with Crippen LogP contribution < -0.4 is 5.32 Å². The van der Waals surface area contributed by atoms with Crippen LogP contribution in [0, 0.1) is 0 Å². The van der Waals surface area contributed by atoms with Gasteiger partial charge in [0.2, 0.25) is 0 Å². The Hall–Kier alpha value is -0.220. The van der Waals surface area contributed by atoms with E-state index in [2.05, 4.69) is 17.4 Å². The molecule has 82 valence electrons. The second-order valence-corrected chi connectivity index (χ2v) is 5.02. The molecule has 1 aliphatic rings. The van der Waals surface area contributed by atoms with Gasteiger partial charge in [-0.05, 0) is 24.3 Å². The summed E-state index contributed by atoms with van der Waals surface area (Å²) in [6.07, 6.45) is 0. The van der Waals surface area contributed by atoms with Crippen LogP contribution in [0.25, 0.3) is 0 Å². The van der Waals surface area contributed by atoms with Crippen molar-refractivity contribution in [2.24, 2.45) is 0 Å². The van der Waals surface area contributed by atoms with E-state index in [0.29, 0.717) is 6.04 Å². The minimum absolute atomic E-state index is 0.472. The van der Waals surface area contributed by atoms with Crippen molar-refractivity contribution in [1.82, 2.24) is 5.32 Å². The van der Waals surface area contributed by atoms with Gasteiger partial charge >= 0.3 is 0 Å². The maximum Gasteiger partial charge on any atom is 0.0628 e. The van der Waals surface area contributed by atoms with Crippen LogP contribution in [0.3, 0.4) is 0 Å². The molecule has 1 aliphatic heterocycles. The fourth-order valence-electron chi connectivity index (χ4n) is 1.45. The zero-order valence-corrected chi connectivity index (χ0v) is 9.98. The van der Waals surface area contributed by atoms with Gasteiger partial charge < -0.3 is 10.1 Å². The van der Waals surface area contributed by atoms with Crippen molar-refractivity contribution in [3.63, 3.8) is 0 Å². The molecule has 0 amide bonds. The van der Waals surface area contributed by atoms with Gasteiger partial charge in [-0.1, -0.05) is 11.6 Å². The number of hydrogen-bond acceptors (Lipinski definition) is 3. The minimum Gasteiger partial charge on any atom is -0.378 e. The molecule has 2 rings (SSSR count). The van der Waals surface area contributed by atoms with Crippen LogP contribution in [-0.2, 0) is 4.74 Å². The van der Waals surface area contributed by atoms with Crippen LogP contribution in [0.5, 0.6) is 0 Å². The molecular formula is C11H14ClNOS. The number of hydrogen-bond donors (Lipinski definition) is 1. The number of ether oxygens (including phenoxy) is 1. The largest absolute Gasteiger partial charge is 0.378 e. The molecule has 0 radical (unpaired) electrons. The van der Waals surface area contributed by atoms with E-state index in [0.717, 1.165) is 30.5 Å². The Morgan fingerprint density at radius 2 is 2.20 bits per heavy atom. The van der Waals surface area contributed by atoms with Crippen LogP contribution >= 0.6 is 23.4 Å². The summed E-state index contributed by atoms with van der Waals surface area (Å²) in [5, 5.41) is 4.22. The first-order valence-electron chi connectivity index (χ1n) is 5.04. The highest BCUT2D eigenvalue weighted by Gasteiger charge is 2.12. The van der Waals surface area contributed by atoms with Crippen molar-refractivity contribution in [2.75, 3.05) is 25.5 Å². The third-order valence-electron chi connectivity index (χ3n) is 2.26. The molecule has 15 heavy (non-hydrogen) atoms. The van der Waals surface area contributed by atoms with Gasteiger partial charge in [0.1, 0.15) is 0 Å². The Morgan fingerprint density at radius 1 is 1.40 bits per heavy atom. The van der Waals surface area contributed by atoms with Crippen molar-refractivity contribution in [1.29, 1.82) is 0 Å². The standard InChI is InChI=1S/C11H14ClNOS/c12-9-1-3-11(4-2-9)15-8-10-7-14-6-5-13-10/h1-4,10,13H,5-8H2. The smallest absolute Gasteiger partial charge is 0.0628 e. The Labute approximate surface area is 99.3 Å². The number of rotatable bonds is 3. The van der Waals surface area contributed by atoms with E-state index in [1.807, 2.05) is 23.9 Å². The average molecular weight is 244 g/mol.